The predicted octanol–water partition coefficient (Wildman–Crippen LogP) is 4.61. The molecule has 2 aromatic rings. The topological polar surface area (TPSA) is 57.4 Å². The fourth-order valence-corrected chi connectivity index (χ4v) is 3.03. The maximum atomic E-state index is 14.7. The Morgan fingerprint density at radius 2 is 1.96 bits per heavy atom. The molecule has 128 valence electrons. The quantitative estimate of drug-likeness (QED) is 0.613. The lowest BCUT2D eigenvalue weighted by Gasteiger charge is -2.16. The van der Waals surface area contributed by atoms with Crippen LogP contribution in [0.15, 0.2) is 23.6 Å². The summed E-state index contributed by atoms with van der Waals surface area (Å²) < 4.78 is 39.3. The number of pyridine rings is 1. The Morgan fingerprint density at radius 1 is 1.29 bits per heavy atom. The minimum Gasteiger partial charge on any atom is -0.495 e. The summed E-state index contributed by atoms with van der Waals surface area (Å²) in [7, 11) is 2.67. The molecule has 0 aliphatic rings. The first-order valence-corrected chi connectivity index (χ1v) is 8.26. The molecule has 0 bridgehead atoms. The number of hydrogen-bond donors (Lipinski definition) is 1. The molecule has 4 nitrogen and oxygen atoms in total. The number of rotatable bonds is 5. The van der Waals surface area contributed by atoms with Crippen molar-refractivity contribution in [1.82, 2.24) is 4.98 Å². The predicted molar refractivity (Wildman–Crippen MR) is 93.4 cm³/mol. The molecular formula is C16H15ClF2N2O2S. The molecule has 0 unspecified atom stereocenters. The Kier molecular flexibility index (Phi) is 5.56. The van der Waals surface area contributed by atoms with Crippen LogP contribution in [0.2, 0.25) is 5.02 Å². The lowest BCUT2D eigenvalue weighted by Crippen LogP contribution is -2.06. The number of benzene rings is 1. The van der Waals surface area contributed by atoms with Crippen LogP contribution in [0, 0.1) is 11.6 Å². The number of nitrogens with zero attached hydrogens (tertiary/aromatic N) is 1. The summed E-state index contributed by atoms with van der Waals surface area (Å²) in [6.45, 7) is 3.71. The third-order valence-electron chi connectivity index (χ3n) is 3.35. The van der Waals surface area contributed by atoms with Gasteiger partial charge in [0.25, 0.3) is 0 Å². The van der Waals surface area contributed by atoms with Crippen LogP contribution in [0.4, 0.5) is 14.5 Å². The number of anilines is 1. The van der Waals surface area contributed by atoms with Crippen LogP contribution in [-0.4, -0.2) is 25.5 Å². The number of nitrogen functional groups attached to an aromatic ring is 1. The van der Waals surface area contributed by atoms with E-state index in [1.165, 1.54) is 38.1 Å². The van der Waals surface area contributed by atoms with Crippen LogP contribution in [0.25, 0.3) is 17.0 Å². The first kappa shape index (κ1) is 18.4. The normalized spacial score (nSPS) is 10.6. The lowest BCUT2D eigenvalue weighted by atomic mass is 10.1. The standard InChI is InChI=1S/C16H15ClF2N2O2S/c1-7(22-2)13-16(24-4)12(20)11(19)14(21-13)8-5-6-9(17)15(23-3)10(8)18/h5-6H,1H2,2-4H3,(H2,20,21). The molecule has 0 radical (unpaired) electrons. The molecule has 0 saturated carbocycles. The van der Waals surface area contributed by atoms with Gasteiger partial charge in [-0.1, -0.05) is 18.2 Å². The summed E-state index contributed by atoms with van der Waals surface area (Å²) >= 11 is 7.06. The van der Waals surface area contributed by atoms with Gasteiger partial charge in [0.15, 0.2) is 17.4 Å². The van der Waals surface area contributed by atoms with Crippen LogP contribution < -0.4 is 10.5 Å². The number of halogens is 3. The molecule has 1 heterocycles. The molecule has 8 heteroatoms. The van der Waals surface area contributed by atoms with Crippen molar-refractivity contribution in [3.63, 3.8) is 0 Å². The van der Waals surface area contributed by atoms with Gasteiger partial charge in [0.05, 0.1) is 29.8 Å². The van der Waals surface area contributed by atoms with Crippen LogP contribution in [0.1, 0.15) is 5.69 Å². The molecule has 24 heavy (non-hydrogen) atoms. The molecule has 0 spiro atoms. The second kappa shape index (κ2) is 7.27. The zero-order valence-corrected chi connectivity index (χ0v) is 14.8. The average Bonchev–Trinajstić information content (AvgIpc) is 2.57. The molecule has 0 aliphatic carbocycles. The van der Waals surface area contributed by atoms with Gasteiger partial charge in [-0.05, 0) is 18.4 Å². The molecule has 1 aromatic carbocycles. The van der Waals surface area contributed by atoms with Crippen LogP contribution in [0.3, 0.4) is 0 Å². The molecule has 1 aromatic heterocycles. The fraction of sp³-hybridized carbons (Fsp3) is 0.188. The van der Waals surface area contributed by atoms with Crippen molar-refractivity contribution in [2.24, 2.45) is 0 Å². The number of methoxy groups -OCH3 is 2. The molecule has 0 aliphatic heterocycles. The second-order valence-corrected chi connectivity index (χ2v) is 5.86. The molecular weight excluding hydrogens is 358 g/mol. The number of ether oxygens (including phenoxy) is 2. The van der Waals surface area contributed by atoms with Crippen LogP contribution in [0.5, 0.6) is 5.75 Å². The SMILES string of the molecule is C=C(OC)c1nc(-c2ccc(Cl)c(OC)c2F)c(F)c(N)c1SC. The summed E-state index contributed by atoms with van der Waals surface area (Å²) in [6, 6.07) is 2.70. The average molecular weight is 373 g/mol. The highest BCUT2D eigenvalue weighted by Gasteiger charge is 2.24. The van der Waals surface area contributed by atoms with Gasteiger partial charge < -0.3 is 15.2 Å². The Morgan fingerprint density at radius 3 is 2.50 bits per heavy atom. The summed E-state index contributed by atoms with van der Waals surface area (Å²) in [4.78, 5) is 4.54. The van der Waals surface area contributed by atoms with Crippen molar-refractivity contribution >= 4 is 34.8 Å². The first-order valence-electron chi connectivity index (χ1n) is 6.65. The maximum Gasteiger partial charge on any atom is 0.176 e. The van der Waals surface area contributed by atoms with Gasteiger partial charge in [0.1, 0.15) is 17.1 Å². The van der Waals surface area contributed by atoms with E-state index in [4.69, 9.17) is 26.8 Å². The summed E-state index contributed by atoms with van der Waals surface area (Å²) in [5, 5.41) is 0.0642. The van der Waals surface area contributed by atoms with E-state index in [1.54, 1.807) is 6.26 Å². The molecule has 0 amide bonds. The number of hydrogen-bond acceptors (Lipinski definition) is 5. The van der Waals surface area contributed by atoms with Gasteiger partial charge in [-0.3, -0.25) is 0 Å². The highest BCUT2D eigenvalue weighted by Crippen LogP contribution is 2.40. The van der Waals surface area contributed by atoms with E-state index < -0.39 is 11.6 Å². The van der Waals surface area contributed by atoms with Crippen molar-refractivity contribution < 1.29 is 18.3 Å². The molecule has 0 atom stereocenters. The van der Waals surface area contributed by atoms with Gasteiger partial charge in [0, 0.05) is 5.56 Å². The summed E-state index contributed by atoms with van der Waals surface area (Å²) in [6.07, 6.45) is 1.71. The maximum absolute atomic E-state index is 14.7. The Labute approximate surface area is 147 Å². The lowest BCUT2D eigenvalue weighted by molar-refractivity contribution is 0.368. The fourth-order valence-electron chi connectivity index (χ4n) is 2.14. The third kappa shape index (κ3) is 3.01. The Balaban J connectivity index is 2.81. The minimum absolute atomic E-state index is 0.0642. The van der Waals surface area contributed by atoms with E-state index in [2.05, 4.69) is 11.6 Å². The number of thioether (sulfide) groups is 1. The zero-order valence-electron chi connectivity index (χ0n) is 13.2. The van der Waals surface area contributed by atoms with E-state index in [-0.39, 0.29) is 39.2 Å². The highest BCUT2D eigenvalue weighted by atomic mass is 35.5. The van der Waals surface area contributed by atoms with Gasteiger partial charge in [0.2, 0.25) is 0 Å². The Bertz CT molecular complexity index is 815. The van der Waals surface area contributed by atoms with Crippen LogP contribution in [-0.2, 0) is 4.74 Å². The molecule has 0 saturated heterocycles. The molecule has 2 N–H and O–H groups in total. The van der Waals surface area contributed by atoms with E-state index in [0.717, 1.165) is 0 Å². The van der Waals surface area contributed by atoms with E-state index in [1.807, 2.05) is 0 Å². The Hall–Kier alpha value is -1.99. The van der Waals surface area contributed by atoms with E-state index >= 15 is 0 Å². The molecule has 0 fully saturated rings. The first-order chi connectivity index (χ1) is 11.4. The second-order valence-electron chi connectivity index (χ2n) is 4.64. The third-order valence-corrected chi connectivity index (χ3v) is 4.47. The smallest absolute Gasteiger partial charge is 0.176 e. The van der Waals surface area contributed by atoms with Crippen molar-refractivity contribution in [3.05, 3.63) is 41.1 Å². The van der Waals surface area contributed by atoms with Gasteiger partial charge in [-0.15, -0.1) is 11.8 Å². The monoisotopic (exact) mass is 372 g/mol. The van der Waals surface area contributed by atoms with Crippen molar-refractivity contribution in [2.75, 3.05) is 26.2 Å². The van der Waals surface area contributed by atoms with Crippen molar-refractivity contribution in [3.8, 4) is 17.0 Å². The number of nitrogens with two attached hydrogens (primary N) is 1. The van der Waals surface area contributed by atoms with Gasteiger partial charge >= 0.3 is 0 Å². The van der Waals surface area contributed by atoms with Crippen LogP contribution >= 0.6 is 23.4 Å². The minimum atomic E-state index is -0.838. The number of aromatic nitrogens is 1. The largest absolute Gasteiger partial charge is 0.495 e. The zero-order chi connectivity index (χ0) is 18.0. The molecule has 2 rings (SSSR count). The van der Waals surface area contributed by atoms with Gasteiger partial charge in [-0.2, -0.15) is 0 Å². The van der Waals surface area contributed by atoms with E-state index in [9.17, 15) is 8.78 Å². The van der Waals surface area contributed by atoms with Gasteiger partial charge in [-0.25, -0.2) is 13.8 Å². The van der Waals surface area contributed by atoms with Crippen molar-refractivity contribution in [2.45, 2.75) is 4.90 Å². The van der Waals surface area contributed by atoms with E-state index in [0.29, 0.717) is 4.90 Å². The summed E-state index contributed by atoms with van der Waals surface area (Å²) in [5.74, 6) is -1.68. The summed E-state index contributed by atoms with van der Waals surface area (Å²) in [5.41, 5.74) is 5.55. The highest BCUT2D eigenvalue weighted by molar-refractivity contribution is 7.98. The van der Waals surface area contributed by atoms with Crippen molar-refractivity contribution in [1.29, 1.82) is 0 Å².